The minimum Gasteiger partial charge on any atom is -0.493 e. The summed E-state index contributed by atoms with van der Waals surface area (Å²) in [4.78, 5) is 46.6. The molecule has 2 aromatic rings. The number of aromatic nitrogens is 1. The lowest BCUT2D eigenvalue weighted by molar-refractivity contribution is -0.145. The van der Waals surface area contributed by atoms with Crippen LogP contribution < -0.4 is 20.7 Å². The fourth-order valence-corrected chi connectivity index (χ4v) is 6.63. The van der Waals surface area contributed by atoms with Gasteiger partial charge in [0.1, 0.15) is 17.8 Å². The molecule has 3 amide bonds. The van der Waals surface area contributed by atoms with Gasteiger partial charge in [0.05, 0.1) is 28.8 Å². The first kappa shape index (κ1) is 32.3. The Kier molecular flexibility index (Phi) is 9.62. The maximum absolute atomic E-state index is 14.5. The van der Waals surface area contributed by atoms with Gasteiger partial charge in [-0.1, -0.05) is 32.9 Å². The summed E-state index contributed by atoms with van der Waals surface area (Å²) in [6.07, 6.45) is 1.51. The molecule has 0 bridgehead atoms. The lowest BCUT2D eigenvalue weighted by Gasteiger charge is -2.35. The summed E-state index contributed by atoms with van der Waals surface area (Å²) in [7, 11) is 0. The fraction of sp³-hybridized carbons (Fsp3) is 0.625. The molecule has 12 heteroatoms. The zero-order valence-corrected chi connectivity index (χ0v) is 26.8. The maximum atomic E-state index is 14.5. The Hall–Kier alpha value is -3.09. The van der Waals surface area contributed by atoms with Gasteiger partial charge >= 0.3 is 0 Å². The van der Waals surface area contributed by atoms with E-state index in [1.807, 2.05) is 30.6 Å². The van der Waals surface area contributed by atoms with Crippen LogP contribution >= 0.6 is 11.3 Å². The first-order valence-corrected chi connectivity index (χ1v) is 16.4. The fourth-order valence-electron chi connectivity index (χ4n) is 5.83. The third-order valence-electron chi connectivity index (χ3n) is 8.81. The van der Waals surface area contributed by atoms with Crippen molar-refractivity contribution in [3.63, 3.8) is 0 Å². The highest BCUT2D eigenvalue weighted by Crippen LogP contribution is 2.40. The molecule has 5 rings (SSSR count). The maximum Gasteiger partial charge on any atom is 0.258 e. The highest BCUT2D eigenvalue weighted by Gasteiger charge is 2.53. The smallest absolute Gasteiger partial charge is 0.258 e. The summed E-state index contributed by atoms with van der Waals surface area (Å²) >= 11 is 1.56. The first-order valence-electron chi connectivity index (χ1n) is 15.5. The molecule has 0 spiro atoms. The van der Waals surface area contributed by atoms with Gasteiger partial charge < -0.3 is 30.7 Å². The molecule has 2 aliphatic heterocycles. The molecular formula is C32H44FN5O5S. The zero-order chi connectivity index (χ0) is 31.6. The van der Waals surface area contributed by atoms with E-state index in [0.717, 1.165) is 47.6 Å². The van der Waals surface area contributed by atoms with Crippen molar-refractivity contribution < 1.29 is 28.6 Å². The van der Waals surface area contributed by atoms with Crippen LogP contribution in [0.25, 0.3) is 10.4 Å². The molecule has 2 saturated heterocycles. The number of rotatable bonds is 10. The minimum atomic E-state index is -1.94. The van der Waals surface area contributed by atoms with Gasteiger partial charge in [-0.25, -0.2) is 9.37 Å². The highest BCUT2D eigenvalue weighted by atomic mass is 32.1. The van der Waals surface area contributed by atoms with Crippen molar-refractivity contribution >= 4 is 29.1 Å². The normalized spacial score (nSPS) is 22.4. The number of aliphatic hydroxyl groups is 1. The predicted molar refractivity (Wildman–Crippen MR) is 166 cm³/mol. The third kappa shape index (κ3) is 7.40. The Morgan fingerprint density at radius 3 is 2.61 bits per heavy atom. The van der Waals surface area contributed by atoms with Gasteiger partial charge in [0.25, 0.3) is 5.91 Å². The number of likely N-dealkylation sites (tertiary alicyclic amines) is 1. The molecule has 240 valence electrons. The summed E-state index contributed by atoms with van der Waals surface area (Å²) in [5, 5.41) is 19.4. The van der Waals surface area contributed by atoms with Gasteiger partial charge in [0.15, 0.2) is 5.67 Å². The molecule has 3 aliphatic rings. The van der Waals surface area contributed by atoms with Gasteiger partial charge in [-0.2, -0.15) is 0 Å². The highest BCUT2D eigenvalue weighted by molar-refractivity contribution is 7.13. The Morgan fingerprint density at radius 1 is 1.25 bits per heavy atom. The number of amides is 3. The molecule has 3 heterocycles. The number of carbonyl (C=O) groups is 3. The lowest BCUT2D eigenvalue weighted by Crippen LogP contribution is -2.59. The second kappa shape index (κ2) is 13.1. The zero-order valence-electron chi connectivity index (χ0n) is 26.0. The number of benzene rings is 1. The van der Waals surface area contributed by atoms with Crippen LogP contribution in [0.3, 0.4) is 0 Å². The van der Waals surface area contributed by atoms with Gasteiger partial charge in [0.2, 0.25) is 11.8 Å². The van der Waals surface area contributed by atoms with Crippen LogP contribution in [-0.2, 0) is 20.9 Å². The second-order valence-corrected chi connectivity index (χ2v) is 14.3. The summed E-state index contributed by atoms with van der Waals surface area (Å²) in [6.45, 7) is 9.92. The molecule has 1 aromatic carbocycles. The van der Waals surface area contributed by atoms with Crippen LogP contribution in [0.5, 0.6) is 5.75 Å². The molecule has 44 heavy (non-hydrogen) atoms. The summed E-state index contributed by atoms with van der Waals surface area (Å²) in [5.74, 6) is -0.605. The SMILES string of the molecule is Cc1ncsc1-c1ccc(CNC(=O)[C@@H]2C[C@@H](O)CN2C(=O)[C@@H](NC(=O)C2(F)CC2)C(C)(C)C)c(OCC2CCNCC2)c1. The summed E-state index contributed by atoms with van der Waals surface area (Å²) in [5.41, 5.74) is 1.86. The Morgan fingerprint density at radius 2 is 1.98 bits per heavy atom. The van der Waals surface area contributed by atoms with Crippen LogP contribution in [0.4, 0.5) is 4.39 Å². The average Bonchev–Trinajstić information content (AvgIpc) is 3.40. The number of hydrogen-bond acceptors (Lipinski definition) is 8. The number of thiazole rings is 1. The Labute approximate surface area is 262 Å². The number of β-amino-alcohol motifs (C(OH)–C–C–N with tert-alkyl or cyclic N) is 1. The van der Waals surface area contributed by atoms with Crippen molar-refractivity contribution in [2.45, 2.75) is 90.2 Å². The molecule has 0 unspecified atom stereocenters. The number of piperidine rings is 1. The molecule has 1 saturated carbocycles. The van der Waals surface area contributed by atoms with Crippen molar-refractivity contribution in [3.05, 3.63) is 35.0 Å². The number of carbonyl (C=O) groups excluding carboxylic acids is 3. The average molecular weight is 630 g/mol. The monoisotopic (exact) mass is 629 g/mol. The van der Waals surface area contributed by atoms with Crippen LogP contribution in [0, 0.1) is 18.3 Å². The molecule has 4 N–H and O–H groups in total. The van der Waals surface area contributed by atoms with E-state index in [4.69, 9.17) is 4.74 Å². The van der Waals surface area contributed by atoms with Crippen molar-refractivity contribution in [1.82, 2.24) is 25.8 Å². The molecule has 1 aromatic heterocycles. The lowest BCUT2D eigenvalue weighted by atomic mass is 9.85. The summed E-state index contributed by atoms with van der Waals surface area (Å²) in [6, 6.07) is 3.93. The molecular weight excluding hydrogens is 585 g/mol. The van der Waals surface area contributed by atoms with Crippen molar-refractivity contribution in [2.75, 3.05) is 26.2 Å². The van der Waals surface area contributed by atoms with E-state index < -0.39 is 47.0 Å². The first-order chi connectivity index (χ1) is 20.9. The van der Waals surface area contributed by atoms with Gasteiger partial charge in [-0.15, -0.1) is 11.3 Å². The van der Waals surface area contributed by atoms with E-state index in [9.17, 15) is 23.9 Å². The standard InChI is InChI=1S/C32H44FN5O5S/c1-19-26(44-18-36-19)21-5-6-22(25(13-21)43-17-20-7-11-34-12-8-20)15-35-28(40)24-14-23(39)16-38(24)29(41)27(31(2,3)4)37-30(42)32(33)9-10-32/h5-6,13,18,20,23-24,27,34,39H,7-12,14-17H2,1-4H3,(H,35,40)(H,37,42)/t23-,24+,27-/m1/s1. The quantitative estimate of drug-likeness (QED) is 0.318. The van der Waals surface area contributed by atoms with E-state index in [-0.39, 0.29) is 32.4 Å². The van der Waals surface area contributed by atoms with Crippen LogP contribution in [0.15, 0.2) is 23.7 Å². The Balaban J connectivity index is 1.30. The van der Waals surface area contributed by atoms with Crippen molar-refractivity contribution in [3.8, 4) is 16.2 Å². The van der Waals surface area contributed by atoms with E-state index in [1.54, 1.807) is 32.1 Å². The minimum absolute atomic E-state index is 0.0480. The number of nitrogens with zero attached hydrogens (tertiary/aromatic N) is 2. The van der Waals surface area contributed by atoms with E-state index >= 15 is 0 Å². The number of nitrogens with one attached hydrogen (secondary N) is 3. The van der Waals surface area contributed by atoms with Crippen LogP contribution in [0.2, 0.25) is 0 Å². The van der Waals surface area contributed by atoms with E-state index in [0.29, 0.717) is 18.3 Å². The predicted octanol–water partition coefficient (Wildman–Crippen LogP) is 3.11. The van der Waals surface area contributed by atoms with Gasteiger partial charge in [0, 0.05) is 25.1 Å². The Bertz CT molecular complexity index is 1370. The molecule has 1 aliphatic carbocycles. The molecule has 3 fully saturated rings. The number of ether oxygens (including phenoxy) is 1. The number of halogens is 1. The number of aryl methyl sites for hydroxylation is 1. The molecule has 10 nitrogen and oxygen atoms in total. The van der Waals surface area contributed by atoms with E-state index in [1.165, 1.54) is 4.90 Å². The van der Waals surface area contributed by atoms with Crippen LogP contribution in [0.1, 0.15) is 64.1 Å². The summed E-state index contributed by atoms with van der Waals surface area (Å²) < 4.78 is 20.8. The largest absolute Gasteiger partial charge is 0.493 e. The number of aliphatic hydroxyl groups excluding tert-OH is 1. The second-order valence-electron chi connectivity index (χ2n) is 13.4. The van der Waals surface area contributed by atoms with E-state index in [2.05, 4.69) is 20.9 Å². The molecule has 0 radical (unpaired) electrons. The van der Waals surface area contributed by atoms with Crippen molar-refractivity contribution in [1.29, 1.82) is 0 Å². The van der Waals surface area contributed by atoms with Crippen LogP contribution in [-0.4, -0.2) is 82.8 Å². The number of hydrogen-bond donors (Lipinski definition) is 4. The third-order valence-corrected chi connectivity index (χ3v) is 9.79. The molecule has 3 atom stereocenters. The van der Waals surface area contributed by atoms with Gasteiger partial charge in [-0.3, -0.25) is 14.4 Å². The number of alkyl halides is 1. The topological polar surface area (TPSA) is 133 Å². The van der Waals surface area contributed by atoms with Crippen molar-refractivity contribution in [2.24, 2.45) is 11.3 Å². The van der Waals surface area contributed by atoms with Gasteiger partial charge in [-0.05, 0) is 68.7 Å².